The fourth-order valence-corrected chi connectivity index (χ4v) is 1.49. The van der Waals surface area contributed by atoms with Crippen LogP contribution in [0.15, 0.2) is 30.5 Å². The number of nitrogens with one attached hydrogen (secondary N) is 2. The molecule has 0 aliphatic heterocycles. The van der Waals surface area contributed by atoms with E-state index in [0.29, 0.717) is 5.56 Å². The first-order chi connectivity index (χ1) is 7.18. The molecule has 0 saturated heterocycles. The summed E-state index contributed by atoms with van der Waals surface area (Å²) in [6, 6.07) is 7.44. The molecule has 0 atom stereocenters. The summed E-state index contributed by atoms with van der Waals surface area (Å²) in [4.78, 5) is 25.3. The Hall–Kier alpha value is -2.10. The topological polar surface area (TPSA) is 62.0 Å². The van der Waals surface area contributed by atoms with Crippen LogP contribution in [0.25, 0.3) is 10.9 Å². The maximum Gasteiger partial charge on any atom is 0.259 e. The predicted octanol–water partition coefficient (Wildman–Crippen LogP) is 1.44. The molecular weight excluding hydrogens is 192 g/mol. The van der Waals surface area contributed by atoms with Gasteiger partial charge in [-0.05, 0) is 6.07 Å². The zero-order chi connectivity index (χ0) is 10.8. The van der Waals surface area contributed by atoms with E-state index in [2.05, 4.69) is 10.3 Å². The third-order valence-electron chi connectivity index (χ3n) is 2.12. The first kappa shape index (κ1) is 9.45. The van der Waals surface area contributed by atoms with Crippen molar-refractivity contribution >= 4 is 22.7 Å². The van der Waals surface area contributed by atoms with Crippen molar-refractivity contribution in [2.24, 2.45) is 0 Å². The molecule has 2 N–H and O–H groups in total. The van der Waals surface area contributed by atoms with Gasteiger partial charge in [-0.25, -0.2) is 0 Å². The second kappa shape index (κ2) is 3.57. The van der Waals surface area contributed by atoms with Gasteiger partial charge in [0.25, 0.3) is 5.91 Å². The molecule has 0 bridgehead atoms. The number of carbonyl (C=O) groups is 2. The Morgan fingerprint density at radius 2 is 2.00 bits per heavy atom. The fraction of sp³-hybridized carbons (Fsp3) is 0.0909. The zero-order valence-corrected chi connectivity index (χ0v) is 8.20. The van der Waals surface area contributed by atoms with Gasteiger partial charge < -0.3 is 4.98 Å². The molecule has 1 aromatic carbocycles. The third kappa shape index (κ3) is 1.74. The largest absolute Gasteiger partial charge is 0.360 e. The number of hydrogen-bond donors (Lipinski definition) is 2. The fourth-order valence-electron chi connectivity index (χ4n) is 1.49. The molecule has 4 nitrogen and oxygen atoms in total. The second-order valence-electron chi connectivity index (χ2n) is 3.26. The minimum atomic E-state index is -0.375. The normalized spacial score (nSPS) is 10.2. The number of aromatic amines is 1. The van der Waals surface area contributed by atoms with Gasteiger partial charge in [-0.15, -0.1) is 0 Å². The average molecular weight is 202 g/mol. The molecule has 76 valence electrons. The van der Waals surface area contributed by atoms with Crippen LogP contribution in [0.1, 0.15) is 17.3 Å². The van der Waals surface area contributed by atoms with E-state index in [0.717, 1.165) is 10.9 Å². The van der Waals surface area contributed by atoms with Crippen LogP contribution >= 0.6 is 0 Å². The van der Waals surface area contributed by atoms with Crippen LogP contribution in [0.5, 0.6) is 0 Å². The summed E-state index contributed by atoms with van der Waals surface area (Å²) in [7, 11) is 0. The summed E-state index contributed by atoms with van der Waals surface area (Å²) in [5.41, 5.74) is 1.37. The molecule has 4 heteroatoms. The molecule has 0 fully saturated rings. The zero-order valence-electron chi connectivity index (χ0n) is 8.20. The van der Waals surface area contributed by atoms with Gasteiger partial charge in [0, 0.05) is 24.0 Å². The number of para-hydroxylation sites is 1. The van der Waals surface area contributed by atoms with Gasteiger partial charge in [0.05, 0.1) is 5.56 Å². The van der Waals surface area contributed by atoms with Crippen LogP contribution in [0, 0.1) is 0 Å². The van der Waals surface area contributed by atoms with Gasteiger partial charge in [-0.2, -0.15) is 0 Å². The van der Waals surface area contributed by atoms with Crippen LogP contribution in [0.2, 0.25) is 0 Å². The van der Waals surface area contributed by atoms with Crippen LogP contribution in [0.4, 0.5) is 0 Å². The number of aromatic nitrogens is 1. The van der Waals surface area contributed by atoms with E-state index < -0.39 is 0 Å². The Morgan fingerprint density at radius 3 is 2.73 bits per heavy atom. The molecule has 0 aliphatic rings. The van der Waals surface area contributed by atoms with Crippen molar-refractivity contribution in [2.45, 2.75) is 6.92 Å². The standard InChI is InChI=1S/C11H10N2O2/c1-7(14)13-11(15)9-6-12-10-5-3-2-4-8(9)10/h2-6,12H,1H3,(H,13,14,15). The number of H-pyrrole nitrogens is 1. The Bertz CT molecular complexity index is 528. The summed E-state index contributed by atoms with van der Waals surface area (Å²) in [6.45, 7) is 1.31. The number of imide groups is 1. The lowest BCUT2D eigenvalue weighted by atomic mass is 10.1. The lowest BCUT2D eigenvalue weighted by Crippen LogP contribution is -2.27. The van der Waals surface area contributed by atoms with Gasteiger partial charge in [0.1, 0.15) is 0 Å². The van der Waals surface area contributed by atoms with E-state index in [9.17, 15) is 9.59 Å². The van der Waals surface area contributed by atoms with Gasteiger partial charge in [-0.1, -0.05) is 18.2 Å². The van der Waals surface area contributed by atoms with Gasteiger partial charge in [-0.3, -0.25) is 14.9 Å². The summed E-state index contributed by atoms with van der Waals surface area (Å²) >= 11 is 0. The minimum absolute atomic E-state index is 0.356. The molecule has 2 rings (SSSR count). The van der Waals surface area contributed by atoms with Crippen LogP contribution in [-0.2, 0) is 4.79 Å². The van der Waals surface area contributed by atoms with Crippen molar-refractivity contribution in [3.8, 4) is 0 Å². The highest BCUT2D eigenvalue weighted by Crippen LogP contribution is 2.17. The minimum Gasteiger partial charge on any atom is -0.360 e. The first-order valence-corrected chi connectivity index (χ1v) is 4.56. The smallest absolute Gasteiger partial charge is 0.259 e. The molecule has 0 spiro atoms. The first-order valence-electron chi connectivity index (χ1n) is 4.56. The van der Waals surface area contributed by atoms with Crippen LogP contribution in [-0.4, -0.2) is 16.8 Å². The summed E-state index contributed by atoms with van der Waals surface area (Å²) in [5, 5.41) is 3.06. The van der Waals surface area contributed by atoms with E-state index in [1.807, 2.05) is 24.3 Å². The Balaban J connectivity index is 2.44. The number of carbonyl (C=O) groups excluding carboxylic acids is 2. The summed E-state index contributed by atoms with van der Waals surface area (Å²) in [6.07, 6.45) is 1.60. The number of benzene rings is 1. The SMILES string of the molecule is CC(=O)NC(=O)c1c[nH]c2ccccc12. The quantitative estimate of drug-likeness (QED) is 0.735. The van der Waals surface area contributed by atoms with E-state index in [1.165, 1.54) is 6.92 Å². The highest BCUT2D eigenvalue weighted by Gasteiger charge is 2.11. The van der Waals surface area contributed by atoms with E-state index in [-0.39, 0.29) is 11.8 Å². The van der Waals surface area contributed by atoms with Crippen molar-refractivity contribution in [1.82, 2.24) is 10.3 Å². The van der Waals surface area contributed by atoms with Crippen LogP contribution < -0.4 is 5.32 Å². The maximum atomic E-state index is 11.6. The van der Waals surface area contributed by atoms with E-state index >= 15 is 0 Å². The predicted molar refractivity (Wildman–Crippen MR) is 56.4 cm³/mol. The summed E-state index contributed by atoms with van der Waals surface area (Å²) < 4.78 is 0. The number of amides is 2. The maximum absolute atomic E-state index is 11.6. The monoisotopic (exact) mass is 202 g/mol. The van der Waals surface area contributed by atoms with Crippen molar-refractivity contribution in [1.29, 1.82) is 0 Å². The molecule has 0 radical (unpaired) electrons. The molecule has 0 unspecified atom stereocenters. The molecule has 1 aromatic heterocycles. The van der Waals surface area contributed by atoms with Crippen molar-refractivity contribution < 1.29 is 9.59 Å². The second-order valence-corrected chi connectivity index (χ2v) is 3.26. The van der Waals surface area contributed by atoms with Crippen molar-refractivity contribution in [3.05, 3.63) is 36.0 Å². The molecule has 2 amide bonds. The molecule has 0 aliphatic carbocycles. The summed E-state index contributed by atoms with van der Waals surface area (Å²) in [5.74, 6) is -0.731. The lowest BCUT2D eigenvalue weighted by molar-refractivity contribution is -0.118. The van der Waals surface area contributed by atoms with E-state index in [1.54, 1.807) is 6.20 Å². The average Bonchev–Trinajstić information content (AvgIpc) is 2.59. The van der Waals surface area contributed by atoms with Crippen LogP contribution in [0.3, 0.4) is 0 Å². The Kier molecular flexibility index (Phi) is 2.25. The number of rotatable bonds is 1. The van der Waals surface area contributed by atoms with Crippen molar-refractivity contribution in [2.75, 3.05) is 0 Å². The highest BCUT2D eigenvalue weighted by atomic mass is 16.2. The third-order valence-corrected chi connectivity index (χ3v) is 2.12. The van der Waals surface area contributed by atoms with Gasteiger partial charge in [0.15, 0.2) is 0 Å². The lowest BCUT2D eigenvalue weighted by Gasteiger charge is -1.98. The molecule has 15 heavy (non-hydrogen) atoms. The number of hydrogen-bond acceptors (Lipinski definition) is 2. The van der Waals surface area contributed by atoms with E-state index in [4.69, 9.17) is 0 Å². The molecule has 0 saturated carbocycles. The molecule has 2 aromatic rings. The molecular formula is C11H10N2O2. The Morgan fingerprint density at radius 1 is 1.27 bits per heavy atom. The molecule has 1 heterocycles. The number of fused-ring (bicyclic) bond motifs is 1. The highest BCUT2D eigenvalue weighted by molar-refractivity contribution is 6.11. The van der Waals surface area contributed by atoms with Crippen molar-refractivity contribution in [3.63, 3.8) is 0 Å². The Labute approximate surface area is 86.3 Å². The van der Waals surface area contributed by atoms with Gasteiger partial charge in [0.2, 0.25) is 5.91 Å². The van der Waals surface area contributed by atoms with Gasteiger partial charge >= 0.3 is 0 Å².